The third-order valence-electron chi connectivity index (χ3n) is 2.94. The molecular weight excluding hydrogens is 296 g/mol. The molecule has 2 aromatic rings. The molecular formula is C13H15BrN2O2. The first-order valence-electron chi connectivity index (χ1n) is 5.64. The molecule has 0 spiro atoms. The summed E-state index contributed by atoms with van der Waals surface area (Å²) in [6, 6.07) is 3.83. The number of hydrogen-bond acceptors (Lipinski definition) is 2. The fourth-order valence-electron chi connectivity index (χ4n) is 2.08. The van der Waals surface area contributed by atoms with Crippen molar-refractivity contribution < 1.29 is 4.74 Å². The van der Waals surface area contributed by atoms with Crippen molar-refractivity contribution in [3.8, 4) is 0 Å². The molecule has 0 saturated carbocycles. The number of aryl methyl sites for hydroxylation is 2. The number of nitrogens with zero attached hydrogens (tertiary/aromatic N) is 2. The highest BCUT2D eigenvalue weighted by molar-refractivity contribution is 9.10. The van der Waals surface area contributed by atoms with Gasteiger partial charge >= 0.3 is 5.69 Å². The van der Waals surface area contributed by atoms with Crippen LogP contribution in [0.2, 0.25) is 0 Å². The zero-order valence-electron chi connectivity index (χ0n) is 10.7. The van der Waals surface area contributed by atoms with Crippen molar-refractivity contribution in [1.29, 1.82) is 0 Å². The van der Waals surface area contributed by atoms with Crippen LogP contribution in [0.25, 0.3) is 16.8 Å². The van der Waals surface area contributed by atoms with E-state index in [-0.39, 0.29) is 5.69 Å². The van der Waals surface area contributed by atoms with E-state index in [4.69, 9.17) is 4.74 Å². The van der Waals surface area contributed by atoms with Crippen molar-refractivity contribution in [3.63, 3.8) is 0 Å². The second-order valence-corrected chi connectivity index (χ2v) is 4.99. The fourth-order valence-corrected chi connectivity index (χ4v) is 2.53. The summed E-state index contributed by atoms with van der Waals surface area (Å²) in [7, 11) is 3.51. The van der Waals surface area contributed by atoms with Gasteiger partial charge in [0.1, 0.15) is 5.76 Å². The summed E-state index contributed by atoms with van der Waals surface area (Å²) in [5.41, 5.74) is 2.46. The molecule has 0 aliphatic rings. The molecule has 2 rings (SSSR count). The van der Waals surface area contributed by atoms with Gasteiger partial charge in [0, 0.05) is 24.1 Å². The Hall–Kier alpha value is -1.49. The van der Waals surface area contributed by atoms with Crippen LogP contribution < -0.4 is 5.69 Å². The molecule has 0 radical (unpaired) electrons. The highest BCUT2D eigenvalue weighted by Gasteiger charge is 2.15. The summed E-state index contributed by atoms with van der Waals surface area (Å²) in [6.07, 6.45) is 0. The van der Waals surface area contributed by atoms with Gasteiger partial charge in [-0.3, -0.25) is 9.13 Å². The van der Waals surface area contributed by atoms with Gasteiger partial charge in [-0.1, -0.05) is 22.5 Å². The van der Waals surface area contributed by atoms with Crippen LogP contribution in [-0.2, 0) is 18.8 Å². The summed E-state index contributed by atoms with van der Waals surface area (Å²) < 4.78 is 9.58. The van der Waals surface area contributed by atoms with Crippen LogP contribution in [-0.4, -0.2) is 15.7 Å². The van der Waals surface area contributed by atoms with E-state index in [2.05, 4.69) is 22.5 Å². The standard InChI is InChI=1S/C13H15BrN2O2/c1-5-18-8(2)10-6-9(14)7-11-12(10)16(4)13(17)15(11)3/h6-7H,2,5H2,1,3-4H3. The molecule has 0 N–H and O–H groups in total. The zero-order valence-corrected chi connectivity index (χ0v) is 12.2. The SMILES string of the molecule is C=C(OCC)c1cc(Br)cc2c1n(C)c(=O)n2C. The van der Waals surface area contributed by atoms with Crippen LogP contribution in [0.3, 0.4) is 0 Å². The number of halogens is 1. The summed E-state index contributed by atoms with van der Waals surface area (Å²) in [6.45, 7) is 6.37. The van der Waals surface area contributed by atoms with Crippen molar-refractivity contribution in [2.24, 2.45) is 14.1 Å². The normalized spacial score (nSPS) is 10.9. The van der Waals surface area contributed by atoms with E-state index in [0.29, 0.717) is 12.4 Å². The number of rotatable bonds is 3. The van der Waals surface area contributed by atoms with Crippen molar-refractivity contribution in [2.45, 2.75) is 6.92 Å². The number of imidazole rings is 1. The number of benzene rings is 1. The lowest BCUT2D eigenvalue weighted by molar-refractivity contribution is 0.299. The Bertz CT molecular complexity index is 682. The monoisotopic (exact) mass is 310 g/mol. The van der Waals surface area contributed by atoms with Gasteiger partial charge in [0.15, 0.2) is 0 Å². The molecule has 5 heteroatoms. The van der Waals surface area contributed by atoms with Gasteiger partial charge in [-0.15, -0.1) is 0 Å². The van der Waals surface area contributed by atoms with Gasteiger partial charge in [0.05, 0.1) is 17.6 Å². The lowest BCUT2D eigenvalue weighted by Crippen LogP contribution is -2.19. The van der Waals surface area contributed by atoms with E-state index in [1.54, 1.807) is 23.2 Å². The van der Waals surface area contributed by atoms with Gasteiger partial charge in [-0.2, -0.15) is 0 Å². The average Bonchev–Trinajstić information content (AvgIpc) is 2.54. The van der Waals surface area contributed by atoms with Crippen LogP contribution in [0.1, 0.15) is 12.5 Å². The summed E-state index contributed by atoms with van der Waals surface area (Å²) in [5, 5.41) is 0. The quantitative estimate of drug-likeness (QED) is 0.817. The number of aromatic nitrogens is 2. The van der Waals surface area contributed by atoms with Crippen LogP contribution in [0.15, 0.2) is 28.0 Å². The number of hydrogen-bond donors (Lipinski definition) is 0. The summed E-state index contributed by atoms with van der Waals surface area (Å²) in [4.78, 5) is 12.0. The molecule has 0 aliphatic heterocycles. The maximum atomic E-state index is 12.0. The average molecular weight is 311 g/mol. The van der Waals surface area contributed by atoms with Crippen LogP contribution >= 0.6 is 15.9 Å². The van der Waals surface area contributed by atoms with Crippen molar-refractivity contribution in [1.82, 2.24) is 9.13 Å². The summed E-state index contributed by atoms with van der Waals surface area (Å²) >= 11 is 3.45. The molecule has 1 aromatic heterocycles. The largest absolute Gasteiger partial charge is 0.494 e. The van der Waals surface area contributed by atoms with E-state index < -0.39 is 0 Å². The Morgan fingerprint density at radius 3 is 2.67 bits per heavy atom. The van der Waals surface area contributed by atoms with E-state index in [0.717, 1.165) is 21.1 Å². The Balaban J connectivity index is 2.85. The molecule has 4 nitrogen and oxygen atoms in total. The van der Waals surface area contributed by atoms with Gasteiger partial charge < -0.3 is 4.74 Å². The minimum atomic E-state index is -0.0614. The van der Waals surface area contributed by atoms with Crippen LogP contribution in [0, 0.1) is 0 Å². The second kappa shape index (κ2) is 4.65. The van der Waals surface area contributed by atoms with Gasteiger partial charge in [-0.25, -0.2) is 4.79 Å². The van der Waals surface area contributed by atoms with Gasteiger partial charge in [0.2, 0.25) is 0 Å². The molecule has 0 unspecified atom stereocenters. The Kier molecular flexibility index (Phi) is 3.34. The molecule has 18 heavy (non-hydrogen) atoms. The molecule has 0 bridgehead atoms. The molecule has 0 aliphatic carbocycles. The first-order valence-corrected chi connectivity index (χ1v) is 6.43. The molecule has 0 saturated heterocycles. The van der Waals surface area contributed by atoms with E-state index in [1.165, 1.54) is 0 Å². The lowest BCUT2D eigenvalue weighted by Gasteiger charge is -2.10. The highest BCUT2D eigenvalue weighted by Crippen LogP contribution is 2.28. The third-order valence-corrected chi connectivity index (χ3v) is 3.40. The van der Waals surface area contributed by atoms with Crippen LogP contribution in [0.4, 0.5) is 0 Å². The van der Waals surface area contributed by atoms with Crippen molar-refractivity contribution in [2.75, 3.05) is 6.61 Å². The predicted molar refractivity (Wildman–Crippen MR) is 76.5 cm³/mol. The Morgan fingerprint density at radius 2 is 2.06 bits per heavy atom. The van der Waals surface area contributed by atoms with Crippen LogP contribution in [0.5, 0.6) is 0 Å². The topological polar surface area (TPSA) is 36.2 Å². The lowest BCUT2D eigenvalue weighted by atomic mass is 10.1. The van der Waals surface area contributed by atoms with Crippen molar-refractivity contribution in [3.05, 3.63) is 39.2 Å². The maximum Gasteiger partial charge on any atom is 0.328 e. The molecule has 96 valence electrons. The molecule has 0 fully saturated rings. The minimum Gasteiger partial charge on any atom is -0.494 e. The number of ether oxygens (including phenoxy) is 1. The zero-order chi connectivity index (χ0) is 13.4. The smallest absolute Gasteiger partial charge is 0.328 e. The Morgan fingerprint density at radius 1 is 1.39 bits per heavy atom. The van der Waals surface area contributed by atoms with Gasteiger partial charge in [-0.05, 0) is 19.1 Å². The predicted octanol–water partition coefficient (Wildman–Crippen LogP) is 2.65. The fraction of sp³-hybridized carbons (Fsp3) is 0.308. The first kappa shape index (κ1) is 13.0. The summed E-state index contributed by atoms with van der Waals surface area (Å²) in [5.74, 6) is 0.574. The maximum absolute atomic E-state index is 12.0. The van der Waals surface area contributed by atoms with Gasteiger partial charge in [0.25, 0.3) is 0 Å². The molecule has 0 amide bonds. The van der Waals surface area contributed by atoms with E-state index in [9.17, 15) is 4.79 Å². The molecule has 0 atom stereocenters. The van der Waals surface area contributed by atoms with E-state index >= 15 is 0 Å². The second-order valence-electron chi connectivity index (χ2n) is 4.08. The van der Waals surface area contributed by atoms with Crippen molar-refractivity contribution >= 4 is 32.7 Å². The Labute approximate surface area is 114 Å². The number of fused-ring (bicyclic) bond motifs is 1. The molecule has 1 heterocycles. The molecule has 1 aromatic carbocycles. The first-order chi connectivity index (χ1) is 8.47. The van der Waals surface area contributed by atoms with E-state index in [1.807, 2.05) is 19.1 Å². The minimum absolute atomic E-state index is 0.0614. The third kappa shape index (κ3) is 1.88. The highest BCUT2D eigenvalue weighted by atomic mass is 79.9.